The molecule has 0 radical (unpaired) electrons. The number of nitrogens with zero attached hydrogens (tertiary/aromatic N) is 3. The molecule has 2 fully saturated rings. The lowest BCUT2D eigenvalue weighted by Gasteiger charge is -2.42. The van der Waals surface area contributed by atoms with Crippen LogP contribution in [-0.4, -0.2) is 101 Å². The van der Waals surface area contributed by atoms with Crippen molar-refractivity contribution in [3.05, 3.63) is 0 Å². The molecule has 8 nitrogen and oxygen atoms in total. The van der Waals surface area contributed by atoms with Gasteiger partial charge >= 0.3 is 0 Å². The van der Waals surface area contributed by atoms with E-state index in [0.29, 0.717) is 0 Å². The Balaban J connectivity index is 0.00000480. The van der Waals surface area contributed by atoms with Crippen LogP contribution in [0.25, 0.3) is 0 Å². The molecule has 1 aliphatic heterocycles. The van der Waals surface area contributed by atoms with Gasteiger partial charge in [-0.15, -0.1) is 24.0 Å². The van der Waals surface area contributed by atoms with Crippen molar-refractivity contribution in [2.75, 3.05) is 79.8 Å². The number of carbonyl (C=O) groups is 1. The molecule has 0 unspecified atom stereocenters. The first-order valence-electron chi connectivity index (χ1n) is 11.6. The summed E-state index contributed by atoms with van der Waals surface area (Å²) >= 11 is 0. The zero-order valence-corrected chi connectivity index (χ0v) is 22.1. The van der Waals surface area contributed by atoms with E-state index in [9.17, 15) is 4.79 Å². The van der Waals surface area contributed by atoms with Crippen LogP contribution in [0, 0.1) is 5.41 Å². The molecule has 2 rings (SSSR count). The molecule has 0 atom stereocenters. The fourth-order valence-electron chi connectivity index (χ4n) is 4.19. The van der Waals surface area contributed by atoms with Crippen molar-refractivity contribution in [3.63, 3.8) is 0 Å². The lowest BCUT2D eigenvalue weighted by molar-refractivity contribution is -0.127. The van der Waals surface area contributed by atoms with Gasteiger partial charge in [-0.3, -0.25) is 9.69 Å². The van der Waals surface area contributed by atoms with E-state index in [-0.39, 0.29) is 41.8 Å². The van der Waals surface area contributed by atoms with E-state index >= 15 is 0 Å². The number of carbonyl (C=O) groups excluding carboxylic acids is 1. The van der Waals surface area contributed by atoms with E-state index in [0.717, 1.165) is 71.5 Å². The number of nitrogens with one attached hydrogen (secondary N) is 2. The van der Waals surface area contributed by atoms with Gasteiger partial charge in [0.15, 0.2) is 5.96 Å². The normalized spacial score (nSPS) is 19.4. The van der Waals surface area contributed by atoms with Crippen LogP contribution in [0.15, 0.2) is 4.99 Å². The monoisotopic (exact) mass is 553 g/mol. The van der Waals surface area contributed by atoms with Gasteiger partial charge in [0, 0.05) is 65.4 Å². The molecule has 0 spiro atoms. The van der Waals surface area contributed by atoms with Gasteiger partial charge in [0.05, 0.1) is 13.2 Å². The molecule has 0 aromatic heterocycles. The highest BCUT2D eigenvalue weighted by atomic mass is 127. The molecule has 1 aliphatic carbocycles. The Morgan fingerprint density at radius 2 is 1.87 bits per heavy atom. The largest absolute Gasteiger partial charge is 0.382 e. The van der Waals surface area contributed by atoms with E-state index in [1.807, 2.05) is 6.92 Å². The SMILES string of the molecule is CCOCCCNC(=NCC(=O)N(C)C)NCC1(CN2CCOCC2)CCCCC1.I. The Hall–Kier alpha value is -0.650. The van der Waals surface area contributed by atoms with E-state index in [1.165, 1.54) is 32.1 Å². The third-order valence-electron chi connectivity index (χ3n) is 6.04. The third kappa shape index (κ3) is 11.2. The van der Waals surface area contributed by atoms with Crippen molar-refractivity contribution in [2.45, 2.75) is 45.4 Å². The molecule has 1 amide bonds. The summed E-state index contributed by atoms with van der Waals surface area (Å²) in [4.78, 5) is 20.7. The highest BCUT2D eigenvalue weighted by molar-refractivity contribution is 14.0. The van der Waals surface area contributed by atoms with E-state index in [2.05, 4.69) is 20.5 Å². The zero-order chi connectivity index (χ0) is 21.7. The van der Waals surface area contributed by atoms with Crippen LogP contribution >= 0.6 is 24.0 Å². The molecule has 0 bridgehead atoms. The minimum Gasteiger partial charge on any atom is -0.382 e. The summed E-state index contributed by atoms with van der Waals surface area (Å²) in [6.07, 6.45) is 7.31. The van der Waals surface area contributed by atoms with E-state index < -0.39 is 0 Å². The molecule has 2 N–H and O–H groups in total. The topological polar surface area (TPSA) is 78.4 Å². The van der Waals surface area contributed by atoms with Crippen LogP contribution in [0.1, 0.15) is 45.4 Å². The first kappa shape index (κ1) is 28.4. The summed E-state index contributed by atoms with van der Waals surface area (Å²) in [6.45, 7) is 10.1. The van der Waals surface area contributed by atoms with E-state index in [4.69, 9.17) is 9.47 Å². The number of aliphatic imine (C=N–C) groups is 1. The van der Waals surface area contributed by atoms with Crippen molar-refractivity contribution in [3.8, 4) is 0 Å². The number of amides is 1. The second kappa shape index (κ2) is 16.0. The lowest BCUT2D eigenvalue weighted by atomic mass is 9.73. The molecule has 0 aromatic carbocycles. The summed E-state index contributed by atoms with van der Waals surface area (Å²) in [5.41, 5.74) is 0.259. The summed E-state index contributed by atoms with van der Waals surface area (Å²) in [6, 6.07) is 0. The number of hydrogen-bond donors (Lipinski definition) is 2. The second-order valence-corrected chi connectivity index (χ2v) is 8.73. The van der Waals surface area contributed by atoms with Crippen molar-refractivity contribution in [1.82, 2.24) is 20.4 Å². The quantitative estimate of drug-likeness (QED) is 0.176. The van der Waals surface area contributed by atoms with Crippen LogP contribution < -0.4 is 10.6 Å². The predicted molar refractivity (Wildman–Crippen MR) is 136 cm³/mol. The minimum atomic E-state index is 0. The van der Waals surface area contributed by atoms with Gasteiger partial charge < -0.3 is 25.0 Å². The van der Waals surface area contributed by atoms with Gasteiger partial charge in [-0.2, -0.15) is 0 Å². The van der Waals surface area contributed by atoms with Gasteiger partial charge in [-0.1, -0.05) is 19.3 Å². The molecule has 31 heavy (non-hydrogen) atoms. The number of hydrogen-bond acceptors (Lipinski definition) is 5. The first-order chi connectivity index (χ1) is 14.5. The fourth-order valence-corrected chi connectivity index (χ4v) is 4.19. The predicted octanol–water partition coefficient (Wildman–Crippen LogP) is 1.94. The summed E-state index contributed by atoms with van der Waals surface area (Å²) in [5.74, 6) is 0.736. The van der Waals surface area contributed by atoms with Crippen molar-refractivity contribution in [1.29, 1.82) is 0 Å². The zero-order valence-electron chi connectivity index (χ0n) is 19.8. The Morgan fingerprint density at radius 1 is 1.16 bits per heavy atom. The smallest absolute Gasteiger partial charge is 0.243 e. The maximum Gasteiger partial charge on any atom is 0.243 e. The van der Waals surface area contributed by atoms with Gasteiger partial charge in [0.25, 0.3) is 0 Å². The number of likely N-dealkylation sites (N-methyl/N-ethyl adjacent to an activating group) is 1. The summed E-state index contributed by atoms with van der Waals surface area (Å²) in [5, 5.41) is 6.96. The first-order valence-corrected chi connectivity index (χ1v) is 11.6. The molecule has 2 aliphatic rings. The average molecular weight is 554 g/mol. The maximum absolute atomic E-state index is 12.0. The lowest BCUT2D eigenvalue weighted by Crippen LogP contribution is -2.51. The summed E-state index contributed by atoms with van der Waals surface area (Å²) < 4.78 is 11.0. The molecule has 1 heterocycles. The second-order valence-electron chi connectivity index (χ2n) is 8.73. The number of ether oxygens (including phenoxy) is 2. The highest BCUT2D eigenvalue weighted by Crippen LogP contribution is 2.36. The van der Waals surface area contributed by atoms with E-state index in [1.54, 1.807) is 19.0 Å². The van der Waals surface area contributed by atoms with Crippen molar-refractivity contribution < 1.29 is 14.3 Å². The standard InChI is InChI=1S/C22H43N5O3.HI/c1-4-29-14-8-11-23-21(24-17-20(28)26(2)3)25-18-22(9-6-5-7-10-22)19-27-12-15-30-16-13-27;/h4-19H2,1-3H3,(H2,23,24,25);1H. The molecule has 9 heteroatoms. The van der Waals surface area contributed by atoms with Gasteiger partial charge in [0.2, 0.25) is 5.91 Å². The van der Waals surface area contributed by atoms with Crippen LogP contribution in [0.4, 0.5) is 0 Å². The average Bonchev–Trinajstić information content (AvgIpc) is 2.76. The van der Waals surface area contributed by atoms with Crippen LogP contribution in [0.2, 0.25) is 0 Å². The molecule has 1 saturated carbocycles. The molecule has 1 saturated heterocycles. The van der Waals surface area contributed by atoms with Gasteiger partial charge in [-0.25, -0.2) is 4.99 Å². The molecular formula is C22H44IN5O3. The van der Waals surface area contributed by atoms with Crippen LogP contribution in [-0.2, 0) is 14.3 Å². The van der Waals surface area contributed by atoms with Gasteiger partial charge in [0.1, 0.15) is 6.54 Å². The van der Waals surface area contributed by atoms with Crippen molar-refractivity contribution in [2.24, 2.45) is 10.4 Å². The number of guanidine groups is 1. The summed E-state index contributed by atoms with van der Waals surface area (Å²) in [7, 11) is 3.53. The van der Waals surface area contributed by atoms with Crippen LogP contribution in [0.3, 0.4) is 0 Å². The maximum atomic E-state index is 12.0. The Kier molecular flexibility index (Phi) is 14.7. The minimum absolute atomic E-state index is 0. The highest BCUT2D eigenvalue weighted by Gasteiger charge is 2.34. The number of halogens is 1. The Bertz CT molecular complexity index is 521. The molecular weight excluding hydrogens is 509 g/mol. The third-order valence-corrected chi connectivity index (χ3v) is 6.04. The molecule has 0 aromatic rings. The fraction of sp³-hybridized carbons (Fsp3) is 0.909. The van der Waals surface area contributed by atoms with Crippen LogP contribution in [0.5, 0.6) is 0 Å². The number of rotatable bonds is 11. The Morgan fingerprint density at radius 3 is 2.52 bits per heavy atom. The van der Waals surface area contributed by atoms with Gasteiger partial charge in [-0.05, 0) is 26.2 Å². The Labute approximate surface area is 205 Å². The number of morpholine rings is 1. The molecule has 182 valence electrons. The van der Waals surface area contributed by atoms with Crippen molar-refractivity contribution >= 4 is 35.8 Å².